The van der Waals surface area contributed by atoms with E-state index >= 15 is 0 Å². The highest BCUT2D eigenvalue weighted by Gasteiger charge is 2.45. The summed E-state index contributed by atoms with van der Waals surface area (Å²) in [7, 11) is 0. The molecule has 1 aliphatic rings. The van der Waals surface area contributed by atoms with E-state index in [9.17, 15) is 0 Å². The maximum absolute atomic E-state index is 2.35. The Morgan fingerprint density at radius 1 is 0.424 bits per heavy atom. The molecule has 5 aromatic carbocycles. The highest BCUT2D eigenvalue weighted by atomic mass is 14.5. The molecule has 1 unspecified atom stereocenters. The van der Waals surface area contributed by atoms with Crippen LogP contribution >= 0.6 is 0 Å². The van der Waals surface area contributed by atoms with Gasteiger partial charge in [0.15, 0.2) is 0 Å². The molecule has 0 spiro atoms. The van der Waals surface area contributed by atoms with E-state index < -0.39 is 0 Å². The molecule has 0 heterocycles. The van der Waals surface area contributed by atoms with Crippen LogP contribution in [0.25, 0.3) is 22.3 Å². The van der Waals surface area contributed by atoms with Gasteiger partial charge in [-0.2, -0.15) is 0 Å². The van der Waals surface area contributed by atoms with Gasteiger partial charge in [0.1, 0.15) is 0 Å². The Hall–Kier alpha value is -3.90. The SMILES string of the molecule is Cc1ccc(C2(c3ccc(-c4ccccc4)cc3)c3ccccc3-c3cc(C)ccc32)cc1. The van der Waals surface area contributed by atoms with Gasteiger partial charge in [-0.1, -0.05) is 132 Å². The molecule has 0 saturated heterocycles. The Balaban J connectivity index is 1.66. The highest BCUT2D eigenvalue weighted by Crippen LogP contribution is 2.56. The van der Waals surface area contributed by atoms with Gasteiger partial charge in [-0.3, -0.25) is 0 Å². The second-order valence-corrected chi connectivity index (χ2v) is 9.15. The first kappa shape index (κ1) is 19.8. The summed E-state index contributed by atoms with van der Waals surface area (Å²) >= 11 is 0. The molecule has 0 amide bonds. The Kier molecular flexibility index (Phi) is 4.55. The lowest BCUT2D eigenvalue weighted by atomic mass is 9.67. The first-order valence-corrected chi connectivity index (χ1v) is 11.6. The fourth-order valence-corrected chi connectivity index (χ4v) is 5.53. The van der Waals surface area contributed by atoms with Gasteiger partial charge in [-0.25, -0.2) is 0 Å². The smallest absolute Gasteiger partial charge is 0.0622 e. The summed E-state index contributed by atoms with van der Waals surface area (Å²) in [5.74, 6) is 0. The van der Waals surface area contributed by atoms with Gasteiger partial charge in [-0.15, -0.1) is 0 Å². The van der Waals surface area contributed by atoms with E-state index in [1.165, 1.54) is 55.6 Å². The van der Waals surface area contributed by atoms with E-state index in [1.54, 1.807) is 0 Å². The van der Waals surface area contributed by atoms with Crippen LogP contribution in [0.2, 0.25) is 0 Å². The van der Waals surface area contributed by atoms with Gasteiger partial charge in [0.05, 0.1) is 5.41 Å². The average molecular weight is 423 g/mol. The average Bonchev–Trinajstić information content (AvgIpc) is 3.16. The van der Waals surface area contributed by atoms with E-state index in [2.05, 4.69) is 135 Å². The summed E-state index contributed by atoms with van der Waals surface area (Å²) in [4.78, 5) is 0. The van der Waals surface area contributed by atoms with Crippen molar-refractivity contribution < 1.29 is 0 Å². The van der Waals surface area contributed by atoms with Crippen molar-refractivity contribution in [3.8, 4) is 22.3 Å². The number of aryl methyl sites for hydroxylation is 2. The van der Waals surface area contributed by atoms with Gasteiger partial charge in [0, 0.05) is 0 Å². The van der Waals surface area contributed by atoms with Crippen LogP contribution in [0.3, 0.4) is 0 Å². The van der Waals surface area contributed by atoms with Gasteiger partial charge in [-0.05, 0) is 58.4 Å². The summed E-state index contributed by atoms with van der Waals surface area (Å²) in [6.45, 7) is 4.34. The summed E-state index contributed by atoms with van der Waals surface area (Å²) < 4.78 is 0. The number of hydrogen-bond acceptors (Lipinski definition) is 0. The van der Waals surface area contributed by atoms with Crippen LogP contribution in [0, 0.1) is 13.8 Å². The molecule has 0 fully saturated rings. The van der Waals surface area contributed by atoms with E-state index in [0.717, 1.165) is 0 Å². The van der Waals surface area contributed by atoms with Crippen molar-refractivity contribution in [1.82, 2.24) is 0 Å². The molecule has 6 rings (SSSR count). The summed E-state index contributed by atoms with van der Waals surface area (Å²) in [6.07, 6.45) is 0. The number of benzene rings is 5. The largest absolute Gasteiger partial charge is 0.0713 e. The second kappa shape index (κ2) is 7.60. The zero-order valence-electron chi connectivity index (χ0n) is 19.0. The molecular weight excluding hydrogens is 396 g/mol. The van der Waals surface area contributed by atoms with Gasteiger partial charge in [0.25, 0.3) is 0 Å². The van der Waals surface area contributed by atoms with Crippen molar-refractivity contribution in [2.75, 3.05) is 0 Å². The second-order valence-electron chi connectivity index (χ2n) is 9.15. The quantitative estimate of drug-likeness (QED) is 0.269. The van der Waals surface area contributed by atoms with Crippen LogP contribution in [-0.2, 0) is 5.41 Å². The van der Waals surface area contributed by atoms with Crippen molar-refractivity contribution in [2.45, 2.75) is 19.3 Å². The Morgan fingerprint density at radius 3 is 1.70 bits per heavy atom. The standard InChI is InChI=1S/C33H26/c1-23-12-17-27(18-13-23)33(28-19-15-26(16-20-28)25-8-4-3-5-9-25)31-11-7-6-10-29(31)30-22-24(2)14-21-32(30)33/h3-22H,1-2H3. The number of hydrogen-bond donors (Lipinski definition) is 0. The monoisotopic (exact) mass is 422 g/mol. The van der Waals surface area contributed by atoms with Crippen molar-refractivity contribution in [3.63, 3.8) is 0 Å². The fourth-order valence-electron chi connectivity index (χ4n) is 5.53. The molecular formula is C33H26. The van der Waals surface area contributed by atoms with Crippen LogP contribution in [0.5, 0.6) is 0 Å². The van der Waals surface area contributed by atoms with Crippen molar-refractivity contribution in [2.24, 2.45) is 0 Å². The molecule has 158 valence electrons. The Morgan fingerprint density at radius 2 is 0.970 bits per heavy atom. The third-order valence-electron chi connectivity index (χ3n) is 7.11. The van der Waals surface area contributed by atoms with E-state index in [4.69, 9.17) is 0 Å². The number of fused-ring (bicyclic) bond motifs is 3. The molecule has 0 aliphatic heterocycles. The lowest BCUT2D eigenvalue weighted by molar-refractivity contribution is 0.768. The summed E-state index contributed by atoms with van der Waals surface area (Å²) in [5, 5.41) is 0. The Bertz CT molecular complexity index is 1440. The van der Waals surface area contributed by atoms with E-state index in [-0.39, 0.29) is 5.41 Å². The first-order chi connectivity index (χ1) is 16.2. The predicted molar refractivity (Wildman–Crippen MR) is 139 cm³/mol. The molecule has 5 aromatic rings. The Labute approximate surface area is 196 Å². The zero-order chi connectivity index (χ0) is 22.4. The van der Waals surface area contributed by atoms with Gasteiger partial charge in [0.2, 0.25) is 0 Å². The highest BCUT2D eigenvalue weighted by molar-refractivity contribution is 5.86. The molecule has 0 N–H and O–H groups in total. The minimum Gasteiger partial charge on any atom is -0.0622 e. The van der Waals surface area contributed by atoms with Crippen LogP contribution in [0.1, 0.15) is 33.4 Å². The number of rotatable bonds is 3. The lowest BCUT2D eigenvalue weighted by Crippen LogP contribution is -2.28. The van der Waals surface area contributed by atoms with Crippen LogP contribution < -0.4 is 0 Å². The van der Waals surface area contributed by atoms with Crippen molar-refractivity contribution >= 4 is 0 Å². The third kappa shape index (κ3) is 2.98. The zero-order valence-corrected chi connectivity index (χ0v) is 19.0. The molecule has 1 aliphatic carbocycles. The molecule has 1 atom stereocenters. The van der Waals surface area contributed by atoms with Gasteiger partial charge >= 0.3 is 0 Å². The summed E-state index contributed by atoms with van der Waals surface area (Å²) in [6, 6.07) is 44.8. The molecule has 0 saturated carbocycles. The first-order valence-electron chi connectivity index (χ1n) is 11.6. The summed E-state index contributed by atoms with van der Waals surface area (Å²) in [5.41, 5.74) is 12.8. The third-order valence-corrected chi connectivity index (χ3v) is 7.11. The van der Waals surface area contributed by atoms with Crippen LogP contribution in [-0.4, -0.2) is 0 Å². The topological polar surface area (TPSA) is 0 Å². The molecule has 0 heteroatoms. The molecule has 0 nitrogen and oxygen atoms in total. The van der Waals surface area contributed by atoms with Gasteiger partial charge < -0.3 is 0 Å². The minimum atomic E-state index is -0.331. The molecule has 0 bridgehead atoms. The normalized spacial score (nSPS) is 16.3. The lowest BCUT2D eigenvalue weighted by Gasteiger charge is -2.34. The van der Waals surface area contributed by atoms with Crippen molar-refractivity contribution in [3.05, 3.63) is 155 Å². The minimum absolute atomic E-state index is 0.331. The van der Waals surface area contributed by atoms with Crippen LogP contribution in [0.4, 0.5) is 0 Å². The maximum atomic E-state index is 2.35. The van der Waals surface area contributed by atoms with Crippen LogP contribution in [0.15, 0.2) is 121 Å². The maximum Gasteiger partial charge on any atom is 0.0713 e. The molecule has 33 heavy (non-hydrogen) atoms. The van der Waals surface area contributed by atoms with Crippen molar-refractivity contribution in [1.29, 1.82) is 0 Å². The molecule has 0 aromatic heterocycles. The molecule has 0 radical (unpaired) electrons. The van der Waals surface area contributed by atoms with E-state index in [1.807, 2.05) is 0 Å². The van der Waals surface area contributed by atoms with E-state index in [0.29, 0.717) is 0 Å². The fraction of sp³-hybridized carbons (Fsp3) is 0.0909. The predicted octanol–water partition coefficient (Wildman–Crippen LogP) is 8.33.